The van der Waals surface area contributed by atoms with Crippen LogP contribution in [0, 0.1) is 6.92 Å². The fourth-order valence-electron chi connectivity index (χ4n) is 1.95. The largest absolute Gasteiger partial charge is 0.285 e. The van der Waals surface area contributed by atoms with Crippen LogP contribution < -0.4 is 0 Å². The van der Waals surface area contributed by atoms with E-state index in [1.54, 1.807) is 29.1 Å². The van der Waals surface area contributed by atoms with Gasteiger partial charge in [-0.05, 0) is 18.6 Å². The molecule has 0 radical (unpaired) electrons. The molecule has 0 amide bonds. The molecule has 0 N–H and O–H groups in total. The minimum atomic E-state index is -0.0823. The Kier molecular flexibility index (Phi) is 2.41. The SMILES string of the molecule is Cc1ccccc1C(=O)c1ncc2ncccn12. The Balaban J connectivity index is 2.16. The Morgan fingerprint density at radius 2 is 2.00 bits per heavy atom. The van der Waals surface area contributed by atoms with Gasteiger partial charge in [-0.25, -0.2) is 9.97 Å². The first-order chi connectivity index (χ1) is 8.77. The molecule has 1 aromatic carbocycles. The average molecular weight is 237 g/mol. The van der Waals surface area contributed by atoms with Crippen molar-refractivity contribution in [2.75, 3.05) is 0 Å². The van der Waals surface area contributed by atoms with Gasteiger partial charge in [-0.15, -0.1) is 0 Å². The van der Waals surface area contributed by atoms with Crippen LogP contribution in [0.3, 0.4) is 0 Å². The van der Waals surface area contributed by atoms with E-state index in [9.17, 15) is 4.79 Å². The van der Waals surface area contributed by atoms with Crippen molar-refractivity contribution in [3.8, 4) is 0 Å². The van der Waals surface area contributed by atoms with Crippen molar-refractivity contribution in [3.63, 3.8) is 0 Å². The van der Waals surface area contributed by atoms with Gasteiger partial charge in [-0.2, -0.15) is 0 Å². The van der Waals surface area contributed by atoms with E-state index < -0.39 is 0 Å². The number of hydrogen-bond acceptors (Lipinski definition) is 3. The van der Waals surface area contributed by atoms with Gasteiger partial charge in [0.15, 0.2) is 11.5 Å². The van der Waals surface area contributed by atoms with Gasteiger partial charge in [0, 0.05) is 18.0 Å². The molecule has 88 valence electrons. The van der Waals surface area contributed by atoms with E-state index in [1.807, 2.05) is 31.2 Å². The maximum atomic E-state index is 12.4. The van der Waals surface area contributed by atoms with Gasteiger partial charge >= 0.3 is 0 Å². The molecule has 0 unspecified atom stereocenters. The average Bonchev–Trinajstić information content (AvgIpc) is 2.82. The van der Waals surface area contributed by atoms with Crippen LogP contribution in [0.1, 0.15) is 21.7 Å². The Bertz CT molecular complexity index is 730. The van der Waals surface area contributed by atoms with Crippen molar-refractivity contribution >= 4 is 11.4 Å². The van der Waals surface area contributed by atoms with Crippen LogP contribution in [0.5, 0.6) is 0 Å². The maximum Gasteiger partial charge on any atom is 0.229 e. The lowest BCUT2D eigenvalue weighted by molar-refractivity contribution is 0.102. The molecule has 0 saturated heterocycles. The zero-order valence-corrected chi connectivity index (χ0v) is 9.87. The molecule has 0 aliphatic rings. The number of ketones is 1. The number of aromatic nitrogens is 3. The second-order valence-corrected chi connectivity index (χ2v) is 4.07. The summed E-state index contributed by atoms with van der Waals surface area (Å²) in [7, 11) is 0. The van der Waals surface area contributed by atoms with Crippen molar-refractivity contribution in [2.45, 2.75) is 6.92 Å². The summed E-state index contributed by atoms with van der Waals surface area (Å²) in [5.41, 5.74) is 2.30. The molecule has 0 fully saturated rings. The third-order valence-corrected chi connectivity index (χ3v) is 2.90. The maximum absolute atomic E-state index is 12.4. The molecule has 0 aliphatic carbocycles. The molecule has 0 aliphatic heterocycles. The third-order valence-electron chi connectivity index (χ3n) is 2.90. The summed E-state index contributed by atoms with van der Waals surface area (Å²) in [6, 6.07) is 9.28. The van der Waals surface area contributed by atoms with Gasteiger partial charge in [0.2, 0.25) is 5.78 Å². The van der Waals surface area contributed by atoms with Gasteiger partial charge in [-0.1, -0.05) is 24.3 Å². The van der Waals surface area contributed by atoms with Crippen LogP contribution in [-0.2, 0) is 0 Å². The minimum Gasteiger partial charge on any atom is -0.285 e. The quantitative estimate of drug-likeness (QED) is 0.642. The number of hydrogen-bond donors (Lipinski definition) is 0. The summed E-state index contributed by atoms with van der Waals surface area (Å²) < 4.78 is 1.70. The normalized spacial score (nSPS) is 10.7. The van der Waals surface area contributed by atoms with Gasteiger partial charge in [0.1, 0.15) is 0 Å². The highest BCUT2D eigenvalue weighted by Crippen LogP contribution is 2.13. The highest BCUT2D eigenvalue weighted by molar-refractivity contribution is 6.08. The van der Waals surface area contributed by atoms with E-state index in [-0.39, 0.29) is 5.78 Å². The summed E-state index contributed by atoms with van der Waals surface area (Å²) in [5, 5.41) is 0. The highest BCUT2D eigenvalue weighted by Gasteiger charge is 2.16. The number of fused-ring (bicyclic) bond motifs is 1. The summed E-state index contributed by atoms with van der Waals surface area (Å²) in [5.74, 6) is 0.313. The molecule has 0 atom stereocenters. The highest BCUT2D eigenvalue weighted by atomic mass is 16.1. The van der Waals surface area contributed by atoms with Crippen LogP contribution in [0.25, 0.3) is 5.65 Å². The molecule has 2 aromatic heterocycles. The lowest BCUT2D eigenvalue weighted by atomic mass is 10.0. The van der Waals surface area contributed by atoms with Crippen molar-refractivity contribution < 1.29 is 4.79 Å². The zero-order valence-electron chi connectivity index (χ0n) is 9.87. The monoisotopic (exact) mass is 237 g/mol. The number of carbonyl (C=O) groups is 1. The number of aryl methyl sites for hydroxylation is 1. The number of imidazole rings is 1. The molecule has 18 heavy (non-hydrogen) atoms. The van der Waals surface area contributed by atoms with Crippen LogP contribution >= 0.6 is 0 Å². The second-order valence-electron chi connectivity index (χ2n) is 4.07. The summed E-state index contributed by atoms with van der Waals surface area (Å²) in [6.07, 6.45) is 5.07. The van der Waals surface area contributed by atoms with E-state index in [2.05, 4.69) is 9.97 Å². The van der Waals surface area contributed by atoms with Crippen molar-refractivity contribution in [2.24, 2.45) is 0 Å². The molecule has 3 rings (SSSR count). The van der Waals surface area contributed by atoms with E-state index in [4.69, 9.17) is 0 Å². The third kappa shape index (κ3) is 1.59. The van der Waals surface area contributed by atoms with Crippen molar-refractivity contribution in [1.29, 1.82) is 0 Å². The Morgan fingerprint density at radius 1 is 1.17 bits per heavy atom. The van der Waals surface area contributed by atoms with E-state index in [1.165, 1.54) is 0 Å². The first-order valence-corrected chi connectivity index (χ1v) is 5.66. The topological polar surface area (TPSA) is 47.3 Å². The lowest BCUT2D eigenvalue weighted by Gasteiger charge is -2.03. The summed E-state index contributed by atoms with van der Waals surface area (Å²) in [4.78, 5) is 20.7. The van der Waals surface area contributed by atoms with Gasteiger partial charge < -0.3 is 0 Å². The summed E-state index contributed by atoms with van der Waals surface area (Å²) in [6.45, 7) is 1.92. The molecular weight excluding hydrogens is 226 g/mol. The smallest absolute Gasteiger partial charge is 0.229 e. The molecule has 0 saturated carbocycles. The first-order valence-electron chi connectivity index (χ1n) is 5.66. The fourth-order valence-corrected chi connectivity index (χ4v) is 1.95. The fraction of sp³-hybridized carbons (Fsp3) is 0.0714. The zero-order chi connectivity index (χ0) is 12.5. The molecule has 2 heterocycles. The van der Waals surface area contributed by atoms with Crippen molar-refractivity contribution in [3.05, 3.63) is 65.9 Å². The number of nitrogens with zero attached hydrogens (tertiary/aromatic N) is 3. The Labute approximate surface area is 104 Å². The Hall–Kier alpha value is -2.49. The molecule has 0 bridgehead atoms. The second kappa shape index (κ2) is 4.07. The van der Waals surface area contributed by atoms with Crippen molar-refractivity contribution in [1.82, 2.24) is 14.4 Å². The van der Waals surface area contributed by atoms with Gasteiger partial charge in [-0.3, -0.25) is 9.20 Å². The minimum absolute atomic E-state index is 0.0823. The van der Waals surface area contributed by atoms with Crippen LogP contribution in [0.15, 0.2) is 48.9 Å². The van der Waals surface area contributed by atoms with Crippen LogP contribution in [0.2, 0.25) is 0 Å². The molecular formula is C14H11N3O. The predicted molar refractivity (Wildman–Crippen MR) is 67.6 cm³/mol. The van der Waals surface area contributed by atoms with Crippen LogP contribution in [-0.4, -0.2) is 20.2 Å². The summed E-state index contributed by atoms with van der Waals surface area (Å²) >= 11 is 0. The molecule has 3 aromatic rings. The van der Waals surface area contributed by atoms with E-state index in [0.29, 0.717) is 17.0 Å². The number of carbonyl (C=O) groups excluding carboxylic acids is 1. The van der Waals surface area contributed by atoms with Gasteiger partial charge in [0.25, 0.3) is 0 Å². The first kappa shape index (κ1) is 10.7. The molecule has 4 heteroatoms. The molecule has 4 nitrogen and oxygen atoms in total. The number of rotatable bonds is 2. The Morgan fingerprint density at radius 3 is 2.83 bits per heavy atom. The molecule has 0 spiro atoms. The van der Waals surface area contributed by atoms with Crippen LogP contribution in [0.4, 0.5) is 0 Å². The standard InChI is InChI=1S/C14H11N3O/c1-10-5-2-3-6-11(10)13(18)14-16-9-12-15-7-4-8-17(12)14/h2-9H,1H3. The predicted octanol–water partition coefficient (Wildman–Crippen LogP) is 2.27. The van der Waals surface area contributed by atoms with E-state index in [0.717, 1.165) is 5.56 Å². The van der Waals surface area contributed by atoms with Gasteiger partial charge in [0.05, 0.1) is 6.20 Å². The van der Waals surface area contributed by atoms with E-state index >= 15 is 0 Å². The number of benzene rings is 1. The lowest BCUT2D eigenvalue weighted by Crippen LogP contribution is -2.08.